The van der Waals surface area contributed by atoms with Crippen LogP contribution in [0.2, 0.25) is 0 Å². The van der Waals surface area contributed by atoms with Crippen molar-refractivity contribution < 1.29 is 9.53 Å². The van der Waals surface area contributed by atoms with Gasteiger partial charge in [-0.25, -0.2) is 4.79 Å². The van der Waals surface area contributed by atoms with Crippen molar-refractivity contribution in [2.45, 2.75) is 58.4 Å². The van der Waals surface area contributed by atoms with Crippen LogP contribution >= 0.6 is 0 Å². The monoisotopic (exact) mass is 377 g/mol. The highest BCUT2D eigenvalue weighted by Gasteiger charge is 2.28. The van der Waals surface area contributed by atoms with Gasteiger partial charge in [-0.1, -0.05) is 63.2 Å². The smallest absolute Gasteiger partial charge is 0.334 e. The van der Waals surface area contributed by atoms with E-state index in [-0.39, 0.29) is 17.4 Å². The Morgan fingerprint density at radius 3 is 2.36 bits per heavy atom. The predicted molar refractivity (Wildman–Crippen MR) is 116 cm³/mol. The van der Waals surface area contributed by atoms with Crippen LogP contribution < -0.4 is 5.32 Å². The summed E-state index contributed by atoms with van der Waals surface area (Å²) >= 11 is 0. The summed E-state index contributed by atoms with van der Waals surface area (Å²) in [5.74, 6) is -0.184. The number of anilines is 1. The number of carbonyl (C=O) groups excluding carboxylic acids is 1. The third kappa shape index (κ3) is 4.64. The summed E-state index contributed by atoms with van der Waals surface area (Å²) in [5.41, 5.74) is 5.50. The molecule has 2 aromatic carbocycles. The number of hydrogen-bond donors (Lipinski definition) is 1. The van der Waals surface area contributed by atoms with Crippen LogP contribution in [0.15, 0.2) is 60.2 Å². The normalized spacial score (nSPS) is 17.4. The quantitative estimate of drug-likeness (QED) is 0.653. The summed E-state index contributed by atoms with van der Waals surface area (Å²) in [6, 6.07) is 19.0. The fourth-order valence-corrected chi connectivity index (χ4v) is 3.81. The van der Waals surface area contributed by atoms with E-state index >= 15 is 0 Å². The number of ether oxygens (including phenoxy) is 1. The van der Waals surface area contributed by atoms with Crippen LogP contribution in [0.4, 0.5) is 5.69 Å². The lowest BCUT2D eigenvalue weighted by molar-refractivity contribution is -0.138. The first-order chi connectivity index (χ1) is 13.4. The first-order valence-electron chi connectivity index (χ1n) is 10.2. The van der Waals surface area contributed by atoms with Crippen LogP contribution in [0.5, 0.6) is 0 Å². The lowest BCUT2D eigenvalue weighted by Crippen LogP contribution is -2.28. The summed E-state index contributed by atoms with van der Waals surface area (Å²) < 4.78 is 5.36. The summed E-state index contributed by atoms with van der Waals surface area (Å²) in [7, 11) is 0. The molecule has 0 saturated carbocycles. The fraction of sp³-hybridized carbons (Fsp3) is 0.400. The third-order valence-corrected chi connectivity index (χ3v) is 5.29. The maximum Gasteiger partial charge on any atom is 0.334 e. The van der Waals surface area contributed by atoms with E-state index in [0.29, 0.717) is 6.61 Å². The lowest BCUT2D eigenvalue weighted by atomic mass is 9.83. The van der Waals surface area contributed by atoms with Gasteiger partial charge in [0, 0.05) is 11.3 Å². The van der Waals surface area contributed by atoms with Gasteiger partial charge in [0.05, 0.1) is 12.6 Å². The zero-order chi connectivity index (χ0) is 20.1. The molecule has 0 aromatic heterocycles. The second-order valence-electron chi connectivity index (χ2n) is 8.40. The van der Waals surface area contributed by atoms with Crippen LogP contribution in [-0.2, 0) is 14.9 Å². The highest BCUT2D eigenvalue weighted by atomic mass is 16.5. The molecular formula is C25H31NO2. The zero-order valence-electron chi connectivity index (χ0n) is 17.4. The molecule has 0 heterocycles. The molecule has 28 heavy (non-hydrogen) atoms. The Labute approximate surface area is 168 Å². The van der Waals surface area contributed by atoms with E-state index in [4.69, 9.17) is 4.74 Å². The van der Waals surface area contributed by atoms with E-state index in [1.165, 1.54) is 5.56 Å². The van der Waals surface area contributed by atoms with Crippen LogP contribution in [0.1, 0.15) is 58.1 Å². The largest absolute Gasteiger partial charge is 0.463 e. The van der Waals surface area contributed by atoms with Gasteiger partial charge in [0.15, 0.2) is 0 Å². The Morgan fingerprint density at radius 1 is 1.07 bits per heavy atom. The highest BCUT2D eigenvalue weighted by Crippen LogP contribution is 2.35. The molecule has 0 aliphatic heterocycles. The van der Waals surface area contributed by atoms with Crippen LogP contribution in [0.3, 0.4) is 0 Å². The minimum atomic E-state index is -0.184. The van der Waals surface area contributed by atoms with E-state index in [1.807, 2.05) is 25.1 Å². The molecule has 0 radical (unpaired) electrons. The summed E-state index contributed by atoms with van der Waals surface area (Å²) in [4.78, 5) is 12.6. The van der Waals surface area contributed by atoms with Crippen molar-refractivity contribution in [1.29, 1.82) is 0 Å². The molecule has 0 spiro atoms. The molecule has 0 saturated heterocycles. The van der Waals surface area contributed by atoms with Gasteiger partial charge < -0.3 is 10.1 Å². The molecule has 0 bridgehead atoms. The van der Waals surface area contributed by atoms with Crippen LogP contribution in [0.25, 0.3) is 5.57 Å². The van der Waals surface area contributed by atoms with Gasteiger partial charge in [-0.3, -0.25) is 0 Å². The molecule has 3 rings (SSSR count). The molecule has 0 amide bonds. The van der Waals surface area contributed by atoms with Crippen molar-refractivity contribution in [3.8, 4) is 0 Å². The van der Waals surface area contributed by atoms with E-state index in [0.717, 1.165) is 41.7 Å². The van der Waals surface area contributed by atoms with Gasteiger partial charge in [-0.05, 0) is 60.4 Å². The van der Waals surface area contributed by atoms with Crippen LogP contribution in [-0.4, -0.2) is 18.6 Å². The molecule has 1 aliphatic rings. The van der Waals surface area contributed by atoms with Crippen molar-refractivity contribution in [1.82, 2.24) is 0 Å². The number of nitrogens with one attached hydrogen (secondary N) is 1. The fourth-order valence-electron chi connectivity index (χ4n) is 3.81. The molecule has 148 valence electrons. The van der Waals surface area contributed by atoms with E-state index in [2.05, 4.69) is 62.5 Å². The minimum absolute atomic E-state index is 0.0936. The molecule has 1 unspecified atom stereocenters. The molecule has 3 nitrogen and oxygen atoms in total. The minimum Gasteiger partial charge on any atom is -0.463 e. The zero-order valence-corrected chi connectivity index (χ0v) is 17.4. The Hall–Kier alpha value is -2.55. The Balaban J connectivity index is 1.94. The molecule has 1 atom stereocenters. The van der Waals surface area contributed by atoms with E-state index in [1.54, 1.807) is 0 Å². The summed E-state index contributed by atoms with van der Waals surface area (Å²) in [6.07, 6.45) is 2.74. The number of carbonyl (C=O) groups is 1. The Morgan fingerprint density at radius 2 is 1.75 bits per heavy atom. The lowest BCUT2D eigenvalue weighted by Gasteiger charge is -2.30. The average molecular weight is 378 g/mol. The van der Waals surface area contributed by atoms with Crippen LogP contribution in [0, 0.1) is 0 Å². The average Bonchev–Trinajstić information content (AvgIpc) is 2.68. The standard InChI is InChI=1S/C25H31NO2/c1-5-28-24(27)21-12-9-13-22(23(21)18-10-7-6-8-11-18)26-20-16-14-19(15-17-20)25(2,3)4/h6-8,10-11,14-17,22,26H,5,9,12-13H2,1-4H3. The SMILES string of the molecule is CCOC(=O)C1=C(c2ccccc2)C(Nc2ccc(C(C)(C)C)cc2)CCC1. The Kier molecular flexibility index (Phi) is 6.23. The third-order valence-electron chi connectivity index (χ3n) is 5.29. The first kappa shape index (κ1) is 20.2. The maximum absolute atomic E-state index is 12.6. The van der Waals surface area contributed by atoms with Gasteiger partial charge in [-0.2, -0.15) is 0 Å². The molecule has 2 aromatic rings. The number of hydrogen-bond acceptors (Lipinski definition) is 3. The number of benzene rings is 2. The summed E-state index contributed by atoms with van der Waals surface area (Å²) in [5, 5.41) is 3.67. The molecular weight excluding hydrogens is 346 g/mol. The van der Waals surface area contributed by atoms with Crippen molar-refractivity contribution in [3.05, 3.63) is 71.3 Å². The number of esters is 1. The predicted octanol–water partition coefficient (Wildman–Crippen LogP) is 5.97. The Bertz CT molecular complexity index is 829. The highest BCUT2D eigenvalue weighted by molar-refractivity contribution is 5.99. The molecule has 1 aliphatic carbocycles. The van der Waals surface area contributed by atoms with Gasteiger partial charge in [0.2, 0.25) is 0 Å². The van der Waals surface area contributed by atoms with Crippen molar-refractivity contribution in [2.24, 2.45) is 0 Å². The van der Waals surface area contributed by atoms with Crippen molar-refractivity contribution in [3.63, 3.8) is 0 Å². The second kappa shape index (κ2) is 8.64. The molecule has 3 heteroatoms. The maximum atomic E-state index is 12.6. The van der Waals surface area contributed by atoms with Gasteiger partial charge in [-0.15, -0.1) is 0 Å². The molecule has 0 fully saturated rings. The van der Waals surface area contributed by atoms with Gasteiger partial charge >= 0.3 is 5.97 Å². The van der Waals surface area contributed by atoms with Gasteiger partial charge in [0.1, 0.15) is 0 Å². The van der Waals surface area contributed by atoms with E-state index < -0.39 is 0 Å². The van der Waals surface area contributed by atoms with E-state index in [9.17, 15) is 4.79 Å². The number of rotatable bonds is 5. The molecule has 1 N–H and O–H groups in total. The topological polar surface area (TPSA) is 38.3 Å². The second-order valence-corrected chi connectivity index (χ2v) is 8.40. The first-order valence-corrected chi connectivity index (χ1v) is 10.2. The summed E-state index contributed by atoms with van der Waals surface area (Å²) in [6.45, 7) is 8.92. The van der Waals surface area contributed by atoms with Crippen molar-refractivity contribution >= 4 is 17.2 Å². The van der Waals surface area contributed by atoms with Gasteiger partial charge in [0.25, 0.3) is 0 Å². The van der Waals surface area contributed by atoms with Crippen molar-refractivity contribution in [2.75, 3.05) is 11.9 Å².